The van der Waals surface area contributed by atoms with Gasteiger partial charge in [0.15, 0.2) is 0 Å². The highest BCUT2D eigenvalue weighted by atomic mass is 16.5. The summed E-state index contributed by atoms with van der Waals surface area (Å²) in [5.74, 6) is -0.464. The molecule has 6 nitrogen and oxygen atoms in total. The molecule has 2 N–H and O–H groups in total. The highest BCUT2D eigenvalue weighted by Crippen LogP contribution is 2.19. The van der Waals surface area contributed by atoms with E-state index in [0.717, 1.165) is 4.90 Å². The maximum absolute atomic E-state index is 12.0. The van der Waals surface area contributed by atoms with Crippen molar-refractivity contribution in [3.8, 4) is 5.75 Å². The van der Waals surface area contributed by atoms with E-state index in [4.69, 9.17) is 9.84 Å². The number of ether oxygens (including phenoxy) is 1. The van der Waals surface area contributed by atoms with Crippen molar-refractivity contribution in [3.05, 3.63) is 24.3 Å². The Morgan fingerprint density at radius 1 is 1.37 bits per heavy atom. The predicted octanol–water partition coefficient (Wildman–Crippen LogP) is 2.02. The van der Waals surface area contributed by atoms with Crippen molar-refractivity contribution in [2.75, 3.05) is 19.5 Å². The summed E-state index contributed by atoms with van der Waals surface area (Å²) in [6, 6.07) is 6.33. The molecule has 0 aliphatic carbocycles. The second kappa shape index (κ2) is 5.60. The van der Waals surface area contributed by atoms with Crippen LogP contribution in [0.1, 0.15) is 13.8 Å². The summed E-state index contributed by atoms with van der Waals surface area (Å²) < 4.78 is 5.04. The number of nitrogens with one attached hydrogen (secondary N) is 1. The number of likely N-dealkylation sites (N-methyl/N-ethyl adjacent to an activating group) is 1. The van der Waals surface area contributed by atoms with E-state index < -0.39 is 17.5 Å². The zero-order valence-corrected chi connectivity index (χ0v) is 11.4. The van der Waals surface area contributed by atoms with Crippen molar-refractivity contribution >= 4 is 17.7 Å². The molecule has 0 atom stereocenters. The molecule has 0 unspecified atom stereocenters. The summed E-state index contributed by atoms with van der Waals surface area (Å²) in [4.78, 5) is 24.2. The Hall–Kier alpha value is -2.24. The Morgan fingerprint density at radius 3 is 2.53 bits per heavy atom. The zero-order valence-electron chi connectivity index (χ0n) is 11.4. The van der Waals surface area contributed by atoms with Crippen molar-refractivity contribution in [1.29, 1.82) is 0 Å². The van der Waals surface area contributed by atoms with Gasteiger partial charge in [-0.3, -0.25) is 0 Å². The van der Waals surface area contributed by atoms with Gasteiger partial charge < -0.3 is 20.1 Å². The van der Waals surface area contributed by atoms with Gasteiger partial charge in [-0.1, -0.05) is 6.07 Å². The molecule has 0 aromatic heterocycles. The van der Waals surface area contributed by atoms with Crippen LogP contribution in [0.15, 0.2) is 24.3 Å². The monoisotopic (exact) mass is 266 g/mol. The highest BCUT2D eigenvalue weighted by Gasteiger charge is 2.35. The van der Waals surface area contributed by atoms with Gasteiger partial charge in [0.2, 0.25) is 0 Å². The summed E-state index contributed by atoms with van der Waals surface area (Å²) in [6.07, 6.45) is 0. The number of hydrogen-bond acceptors (Lipinski definition) is 3. The van der Waals surface area contributed by atoms with Crippen LogP contribution in [-0.4, -0.2) is 41.7 Å². The van der Waals surface area contributed by atoms with Crippen LogP contribution >= 0.6 is 0 Å². The molecule has 19 heavy (non-hydrogen) atoms. The normalized spacial score (nSPS) is 10.7. The molecule has 0 saturated carbocycles. The lowest BCUT2D eigenvalue weighted by Crippen LogP contribution is -2.52. The van der Waals surface area contributed by atoms with Crippen LogP contribution in [0.2, 0.25) is 0 Å². The summed E-state index contributed by atoms with van der Waals surface area (Å²) in [6.45, 7) is 2.92. The molecule has 1 aromatic carbocycles. The van der Waals surface area contributed by atoms with Gasteiger partial charge in [-0.05, 0) is 26.0 Å². The first kappa shape index (κ1) is 14.8. The van der Waals surface area contributed by atoms with Crippen LogP contribution in [0.25, 0.3) is 0 Å². The maximum Gasteiger partial charge on any atom is 0.329 e. The number of rotatable bonds is 4. The molecule has 0 fully saturated rings. The van der Waals surface area contributed by atoms with E-state index in [1.807, 2.05) is 0 Å². The molecule has 104 valence electrons. The number of nitrogens with zero attached hydrogens (tertiary/aromatic N) is 1. The van der Waals surface area contributed by atoms with Gasteiger partial charge in [-0.2, -0.15) is 0 Å². The number of methoxy groups -OCH3 is 1. The van der Waals surface area contributed by atoms with E-state index in [2.05, 4.69) is 5.32 Å². The average molecular weight is 266 g/mol. The van der Waals surface area contributed by atoms with Gasteiger partial charge >= 0.3 is 12.0 Å². The van der Waals surface area contributed by atoms with E-state index >= 15 is 0 Å². The third kappa shape index (κ3) is 3.37. The summed E-state index contributed by atoms with van der Waals surface area (Å²) in [5.41, 5.74) is -0.749. The molecular weight excluding hydrogens is 248 g/mol. The molecule has 0 aliphatic heterocycles. The third-order valence-corrected chi connectivity index (χ3v) is 2.99. The lowest BCUT2D eigenvalue weighted by atomic mass is 10.1. The predicted molar refractivity (Wildman–Crippen MR) is 71.5 cm³/mol. The van der Waals surface area contributed by atoms with Gasteiger partial charge in [-0.15, -0.1) is 0 Å². The number of amides is 2. The number of urea groups is 1. The number of hydrogen-bond donors (Lipinski definition) is 2. The number of carbonyl (C=O) groups is 2. The lowest BCUT2D eigenvalue weighted by molar-refractivity contribution is -0.146. The number of carbonyl (C=O) groups excluding carboxylic acids is 1. The first-order chi connectivity index (χ1) is 8.78. The highest BCUT2D eigenvalue weighted by molar-refractivity contribution is 5.93. The van der Waals surface area contributed by atoms with E-state index in [1.165, 1.54) is 28.0 Å². The average Bonchev–Trinajstić information content (AvgIpc) is 2.37. The van der Waals surface area contributed by atoms with Gasteiger partial charge in [-0.25, -0.2) is 9.59 Å². The van der Waals surface area contributed by atoms with Gasteiger partial charge in [0.1, 0.15) is 11.3 Å². The van der Waals surface area contributed by atoms with Gasteiger partial charge in [0, 0.05) is 18.8 Å². The largest absolute Gasteiger partial charge is 0.497 e. The number of anilines is 1. The fraction of sp³-hybridized carbons (Fsp3) is 0.385. The quantitative estimate of drug-likeness (QED) is 0.873. The smallest absolute Gasteiger partial charge is 0.329 e. The summed E-state index contributed by atoms with van der Waals surface area (Å²) >= 11 is 0. The Kier molecular flexibility index (Phi) is 4.37. The van der Waals surface area contributed by atoms with Crippen LogP contribution < -0.4 is 10.1 Å². The number of benzene rings is 1. The minimum Gasteiger partial charge on any atom is -0.497 e. The molecule has 1 rings (SSSR count). The van der Waals surface area contributed by atoms with Gasteiger partial charge in [0.25, 0.3) is 0 Å². The van der Waals surface area contributed by atoms with Crippen LogP contribution in [-0.2, 0) is 4.79 Å². The minimum atomic E-state index is -1.29. The van der Waals surface area contributed by atoms with E-state index in [-0.39, 0.29) is 0 Å². The Bertz CT molecular complexity index is 485. The van der Waals surface area contributed by atoms with Crippen molar-refractivity contribution < 1.29 is 19.4 Å². The van der Waals surface area contributed by atoms with Crippen molar-refractivity contribution in [2.24, 2.45) is 0 Å². The lowest BCUT2D eigenvalue weighted by Gasteiger charge is -2.31. The van der Waals surface area contributed by atoms with Crippen molar-refractivity contribution in [3.63, 3.8) is 0 Å². The van der Waals surface area contributed by atoms with Crippen molar-refractivity contribution in [1.82, 2.24) is 4.90 Å². The van der Waals surface area contributed by atoms with E-state index in [9.17, 15) is 9.59 Å². The van der Waals surface area contributed by atoms with Crippen LogP contribution in [0.3, 0.4) is 0 Å². The minimum absolute atomic E-state index is 0.499. The molecule has 0 spiro atoms. The Labute approximate surface area is 112 Å². The zero-order chi connectivity index (χ0) is 14.6. The molecule has 6 heteroatoms. The van der Waals surface area contributed by atoms with E-state index in [0.29, 0.717) is 11.4 Å². The third-order valence-electron chi connectivity index (χ3n) is 2.99. The summed E-state index contributed by atoms with van der Waals surface area (Å²) in [5, 5.41) is 11.7. The van der Waals surface area contributed by atoms with E-state index in [1.54, 1.807) is 24.3 Å². The first-order valence-corrected chi connectivity index (χ1v) is 5.71. The van der Waals surface area contributed by atoms with Crippen LogP contribution in [0.4, 0.5) is 10.5 Å². The standard InChI is InChI=1S/C13H18N2O4/c1-13(2,11(16)17)15(3)12(18)14-9-6-5-7-10(8-9)19-4/h5-8H,1-4H3,(H,14,18)(H,16,17). The van der Waals surface area contributed by atoms with Crippen LogP contribution in [0.5, 0.6) is 5.75 Å². The number of carboxylic acid groups (broad SMARTS) is 1. The second-order valence-corrected chi connectivity index (χ2v) is 4.59. The van der Waals surface area contributed by atoms with Crippen LogP contribution in [0, 0.1) is 0 Å². The summed E-state index contributed by atoms with van der Waals surface area (Å²) in [7, 11) is 2.96. The topological polar surface area (TPSA) is 78.9 Å². The second-order valence-electron chi connectivity index (χ2n) is 4.59. The molecule has 0 aliphatic rings. The molecule has 0 bridgehead atoms. The molecule has 2 amide bonds. The molecule has 0 heterocycles. The molecule has 0 radical (unpaired) electrons. The Morgan fingerprint density at radius 2 is 2.00 bits per heavy atom. The fourth-order valence-corrected chi connectivity index (χ4v) is 1.31. The van der Waals surface area contributed by atoms with Crippen molar-refractivity contribution in [2.45, 2.75) is 19.4 Å². The Balaban J connectivity index is 2.82. The maximum atomic E-state index is 12.0. The first-order valence-electron chi connectivity index (χ1n) is 5.71. The van der Waals surface area contributed by atoms with Gasteiger partial charge in [0.05, 0.1) is 7.11 Å². The molecule has 0 saturated heterocycles. The number of aliphatic carboxylic acids is 1. The number of carboxylic acids is 1. The molecule has 1 aromatic rings. The SMILES string of the molecule is COc1cccc(NC(=O)N(C)C(C)(C)C(=O)O)c1. The fourth-order valence-electron chi connectivity index (χ4n) is 1.31. The molecular formula is C13H18N2O4.